The normalized spacial score (nSPS) is 17.6. The van der Waals surface area contributed by atoms with Gasteiger partial charge in [0.15, 0.2) is 0 Å². The number of anilines is 1. The van der Waals surface area contributed by atoms with E-state index in [0.717, 1.165) is 42.8 Å². The molecule has 2 aliphatic rings. The van der Waals surface area contributed by atoms with Crippen molar-refractivity contribution in [3.8, 4) is 5.88 Å². The molecule has 1 amide bonds. The van der Waals surface area contributed by atoms with E-state index >= 15 is 0 Å². The summed E-state index contributed by atoms with van der Waals surface area (Å²) in [6.07, 6.45) is 6.05. The topological polar surface area (TPSA) is 91.9 Å². The Balaban J connectivity index is 1.34. The van der Waals surface area contributed by atoms with Crippen LogP contribution in [0.1, 0.15) is 47.8 Å². The molecule has 144 valence electrons. The SMILES string of the molecule is O=C(Nc1cccnc1OC1CCNCC1)c1ccc2nc(C3CC3)[nH]c2c1. The fourth-order valence-corrected chi connectivity index (χ4v) is 3.57. The molecule has 0 spiro atoms. The second-order valence-electron chi connectivity index (χ2n) is 7.51. The van der Waals surface area contributed by atoms with Gasteiger partial charge in [0.1, 0.15) is 17.6 Å². The predicted octanol–water partition coefficient (Wildman–Crippen LogP) is 3.22. The van der Waals surface area contributed by atoms with E-state index in [1.807, 2.05) is 18.2 Å². The molecule has 1 aliphatic heterocycles. The molecule has 3 heterocycles. The molecule has 2 aromatic heterocycles. The molecule has 2 fully saturated rings. The standard InChI is InChI=1S/C21H23N5O2/c27-20(14-5-6-16-18(12-14)25-19(24-16)13-3-4-13)26-17-2-1-9-23-21(17)28-15-7-10-22-11-8-15/h1-2,5-6,9,12-13,15,22H,3-4,7-8,10-11H2,(H,24,25)(H,26,27). The van der Waals surface area contributed by atoms with Gasteiger partial charge >= 0.3 is 0 Å². The van der Waals surface area contributed by atoms with Crippen LogP contribution in [0.4, 0.5) is 5.69 Å². The first kappa shape index (κ1) is 17.2. The van der Waals surface area contributed by atoms with Gasteiger partial charge in [-0.3, -0.25) is 4.79 Å². The fourth-order valence-electron chi connectivity index (χ4n) is 3.57. The summed E-state index contributed by atoms with van der Waals surface area (Å²) in [5, 5.41) is 6.26. The van der Waals surface area contributed by atoms with E-state index in [2.05, 4.69) is 25.6 Å². The second-order valence-corrected chi connectivity index (χ2v) is 7.51. The monoisotopic (exact) mass is 377 g/mol. The number of hydrogen-bond donors (Lipinski definition) is 3. The Morgan fingerprint density at radius 3 is 2.82 bits per heavy atom. The van der Waals surface area contributed by atoms with Gasteiger partial charge in [0, 0.05) is 17.7 Å². The number of pyridine rings is 1. The van der Waals surface area contributed by atoms with Crippen LogP contribution in [-0.4, -0.2) is 40.1 Å². The van der Waals surface area contributed by atoms with Crippen molar-refractivity contribution in [2.75, 3.05) is 18.4 Å². The van der Waals surface area contributed by atoms with E-state index in [9.17, 15) is 4.79 Å². The maximum Gasteiger partial charge on any atom is 0.255 e. The number of rotatable bonds is 5. The van der Waals surface area contributed by atoms with Crippen LogP contribution < -0.4 is 15.4 Å². The summed E-state index contributed by atoms with van der Waals surface area (Å²) in [6.45, 7) is 1.87. The molecule has 1 saturated heterocycles. The molecule has 28 heavy (non-hydrogen) atoms. The second kappa shape index (κ2) is 7.24. The lowest BCUT2D eigenvalue weighted by atomic mass is 10.1. The number of ether oxygens (including phenoxy) is 1. The molecule has 0 atom stereocenters. The summed E-state index contributed by atoms with van der Waals surface area (Å²) in [7, 11) is 0. The summed E-state index contributed by atoms with van der Waals surface area (Å²) in [4.78, 5) is 25.1. The van der Waals surface area contributed by atoms with Crippen molar-refractivity contribution in [2.45, 2.75) is 37.7 Å². The van der Waals surface area contributed by atoms with Crippen LogP contribution in [0.15, 0.2) is 36.5 Å². The first-order chi connectivity index (χ1) is 13.8. The minimum atomic E-state index is -0.187. The minimum Gasteiger partial charge on any atom is -0.473 e. The summed E-state index contributed by atoms with van der Waals surface area (Å²) < 4.78 is 6.05. The zero-order valence-corrected chi connectivity index (χ0v) is 15.6. The molecule has 1 saturated carbocycles. The quantitative estimate of drug-likeness (QED) is 0.635. The van der Waals surface area contributed by atoms with Gasteiger partial charge in [-0.05, 0) is 69.1 Å². The lowest BCUT2D eigenvalue weighted by Crippen LogP contribution is -2.34. The minimum absolute atomic E-state index is 0.119. The molecule has 3 aromatic rings. The Kier molecular flexibility index (Phi) is 4.44. The number of carbonyl (C=O) groups excluding carboxylic acids is 1. The molecular formula is C21H23N5O2. The van der Waals surface area contributed by atoms with Crippen molar-refractivity contribution < 1.29 is 9.53 Å². The summed E-state index contributed by atoms with van der Waals surface area (Å²) in [5.74, 6) is 1.86. The average Bonchev–Trinajstić information content (AvgIpc) is 3.49. The van der Waals surface area contributed by atoms with Gasteiger partial charge in [0.25, 0.3) is 5.91 Å². The van der Waals surface area contributed by atoms with Gasteiger partial charge in [0.2, 0.25) is 5.88 Å². The zero-order chi connectivity index (χ0) is 18.9. The molecule has 1 aromatic carbocycles. The third-order valence-electron chi connectivity index (χ3n) is 5.31. The molecule has 0 unspecified atom stereocenters. The number of nitrogens with zero attached hydrogens (tertiary/aromatic N) is 2. The van der Waals surface area contributed by atoms with Crippen LogP contribution in [0.2, 0.25) is 0 Å². The van der Waals surface area contributed by atoms with Crippen molar-refractivity contribution in [3.05, 3.63) is 47.9 Å². The van der Waals surface area contributed by atoms with Gasteiger partial charge in [-0.2, -0.15) is 0 Å². The number of hydrogen-bond acceptors (Lipinski definition) is 5. The van der Waals surface area contributed by atoms with E-state index < -0.39 is 0 Å². The van der Waals surface area contributed by atoms with Gasteiger partial charge in [-0.25, -0.2) is 9.97 Å². The molecule has 3 N–H and O–H groups in total. The third-order valence-corrected chi connectivity index (χ3v) is 5.31. The summed E-state index contributed by atoms with van der Waals surface area (Å²) in [6, 6.07) is 9.17. The Morgan fingerprint density at radius 2 is 2.00 bits per heavy atom. The highest BCUT2D eigenvalue weighted by atomic mass is 16.5. The molecular weight excluding hydrogens is 354 g/mol. The Hall–Kier alpha value is -2.93. The molecule has 5 rings (SSSR count). The number of amides is 1. The van der Waals surface area contributed by atoms with Crippen LogP contribution in [-0.2, 0) is 0 Å². The van der Waals surface area contributed by atoms with Gasteiger partial charge in [0.05, 0.1) is 11.0 Å². The first-order valence-corrected chi connectivity index (χ1v) is 9.90. The largest absolute Gasteiger partial charge is 0.473 e. The van der Waals surface area contributed by atoms with Crippen molar-refractivity contribution in [3.63, 3.8) is 0 Å². The molecule has 0 radical (unpaired) electrons. The predicted molar refractivity (Wildman–Crippen MR) is 107 cm³/mol. The molecule has 0 bridgehead atoms. The van der Waals surface area contributed by atoms with Crippen molar-refractivity contribution in [1.29, 1.82) is 0 Å². The highest BCUT2D eigenvalue weighted by molar-refractivity contribution is 6.06. The maximum absolute atomic E-state index is 12.8. The number of imidazole rings is 1. The lowest BCUT2D eigenvalue weighted by molar-refractivity contribution is 0.102. The van der Waals surface area contributed by atoms with Crippen molar-refractivity contribution >= 4 is 22.6 Å². The summed E-state index contributed by atoms with van der Waals surface area (Å²) in [5.41, 5.74) is 2.96. The number of nitrogens with one attached hydrogen (secondary N) is 3. The van der Waals surface area contributed by atoms with E-state index in [1.165, 1.54) is 12.8 Å². The molecule has 1 aliphatic carbocycles. The maximum atomic E-state index is 12.8. The average molecular weight is 377 g/mol. The third kappa shape index (κ3) is 3.57. The van der Waals surface area contributed by atoms with Crippen molar-refractivity contribution in [1.82, 2.24) is 20.3 Å². The van der Waals surface area contributed by atoms with E-state index in [4.69, 9.17) is 4.74 Å². The number of aromatic nitrogens is 3. The summed E-state index contributed by atoms with van der Waals surface area (Å²) >= 11 is 0. The van der Waals surface area contributed by atoms with Crippen LogP contribution in [0.3, 0.4) is 0 Å². The van der Waals surface area contributed by atoms with Gasteiger partial charge in [-0.1, -0.05) is 0 Å². The highest BCUT2D eigenvalue weighted by Crippen LogP contribution is 2.39. The van der Waals surface area contributed by atoms with Crippen LogP contribution in [0.25, 0.3) is 11.0 Å². The van der Waals surface area contributed by atoms with Gasteiger partial charge in [-0.15, -0.1) is 0 Å². The van der Waals surface area contributed by atoms with Crippen LogP contribution in [0.5, 0.6) is 5.88 Å². The Labute approximate surface area is 162 Å². The van der Waals surface area contributed by atoms with Crippen molar-refractivity contribution in [2.24, 2.45) is 0 Å². The number of piperidine rings is 1. The van der Waals surface area contributed by atoms with Crippen LogP contribution >= 0.6 is 0 Å². The first-order valence-electron chi connectivity index (χ1n) is 9.90. The number of fused-ring (bicyclic) bond motifs is 1. The van der Waals surface area contributed by atoms with E-state index in [1.54, 1.807) is 18.3 Å². The lowest BCUT2D eigenvalue weighted by Gasteiger charge is -2.24. The smallest absolute Gasteiger partial charge is 0.255 e. The van der Waals surface area contributed by atoms with E-state index in [0.29, 0.717) is 23.0 Å². The van der Waals surface area contributed by atoms with Gasteiger partial charge < -0.3 is 20.4 Å². The number of carbonyl (C=O) groups is 1. The Bertz CT molecular complexity index is 1000. The van der Waals surface area contributed by atoms with E-state index in [-0.39, 0.29) is 12.0 Å². The number of benzene rings is 1. The zero-order valence-electron chi connectivity index (χ0n) is 15.6. The highest BCUT2D eigenvalue weighted by Gasteiger charge is 2.27. The molecule has 7 nitrogen and oxygen atoms in total. The fraction of sp³-hybridized carbons (Fsp3) is 0.381. The number of H-pyrrole nitrogens is 1. The molecule has 7 heteroatoms. The number of aromatic amines is 1. The van der Waals surface area contributed by atoms with Crippen LogP contribution in [0, 0.1) is 0 Å². The Morgan fingerprint density at radius 1 is 1.14 bits per heavy atom.